The SMILES string of the molecule is CC(=O)c1c(O)c(C)c(O)c2c1OC1=CC(=O)C(=C(C)Nc3cccc(N(CC(N)=O)S(C)(=O)=O)c3)C(=O)C12C. The van der Waals surface area contributed by atoms with Crippen molar-refractivity contribution in [3.63, 3.8) is 0 Å². The molecule has 5 N–H and O–H groups in total. The Bertz CT molecular complexity index is 1710. The van der Waals surface area contributed by atoms with Crippen molar-refractivity contribution in [2.75, 3.05) is 22.4 Å². The van der Waals surface area contributed by atoms with Gasteiger partial charge in [-0.15, -0.1) is 0 Å². The van der Waals surface area contributed by atoms with E-state index in [4.69, 9.17) is 10.5 Å². The Balaban J connectivity index is 1.81. The summed E-state index contributed by atoms with van der Waals surface area (Å²) in [6.45, 7) is 4.90. The van der Waals surface area contributed by atoms with Gasteiger partial charge in [0.05, 0.1) is 23.1 Å². The smallest absolute Gasteiger partial charge is 0.238 e. The van der Waals surface area contributed by atoms with Gasteiger partial charge in [0.1, 0.15) is 40.5 Å². The number of amides is 1. The second-order valence-corrected chi connectivity index (χ2v) is 11.7. The lowest BCUT2D eigenvalue weighted by Gasteiger charge is -2.29. The first-order chi connectivity index (χ1) is 18.5. The van der Waals surface area contributed by atoms with Crippen LogP contribution >= 0.6 is 0 Å². The number of phenols is 2. The normalized spacial score (nSPS) is 19.3. The van der Waals surface area contributed by atoms with Gasteiger partial charge in [0.15, 0.2) is 17.3 Å². The molecule has 1 unspecified atom stereocenters. The molecule has 40 heavy (non-hydrogen) atoms. The topological polar surface area (TPSA) is 193 Å². The minimum atomic E-state index is -3.87. The summed E-state index contributed by atoms with van der Waals surface area (Å²) in [5.74, 6) is -4.09. The Labute approximate surface area is 229 Å². The largest absolute Gasteiger partial charge is 0.507 e. The molecule has 1 aliphatic heterocycles. The molecule has 2 aromatic carbocycles. The number of fused-ring (bicyclic) bond motifs is 3. The molecular formula is C27H27N3O9S. The van der Waals surface area contributed by atoms with E-state index >= 15 is 0 Å². The monoisotopic (exact) mass is 569 g/mol. The summed E-state index contributed by atoms with van der Waals surface area (Å²) >= 11 is 0. The highest BCUT2D eigenvalue weighted by molar-refractivity contribution is 7.92. The Kier molecular flexibility index (Phi) is 6.75. The lowest BCUT2D eigenvalue weighted by molar-refractivity contribution is -0.123. The number of primary amides is 1. The van der Waals surface area contributed by atoms with Crippen LogP contribution in [0.2, 0.25) is 0 Å². The van der Waals surface area contributed by atoms with Crippen LogP contribution in [0.25, 0.3) is 0 Å². The predicted octanol–water partition coefficient (Wildman–Crippen LogP) is 1.93. The molecule has 0 saturated carbocycles. The van der Waals surface area contributed by atoms with Crippen molar-refractivity contribution in [2.24, 2.45) is 5.73 Å². The van der Waals surface area contributed by atoms with E-state index in [-0.39, 0.29) is 45.2 Å². The average molecular weight is 570 g/mol. The number of sulfonamides is 1. The number of carbonyl (C=O) groups is 4. The number of aromatic hydroxyl groups is 2. The van der Waals surface area contributed by atoms with Crippen molar-refractivity contribution in [3.8, 4) is 17.2 Å². The van der Waals surface area contributed by atoms with Crippen molar-refractivity contribution < 1.29 is 42.5 Å². The van der Waals surface area contributed by atoms with Crippen molar-refractivity contribution in [1.29, 1.82) is 0 Å². The minimum Gasteiger partial charge on any atom is -0.507 e. The molecule has 0 aromatic heterocycles. The quantitative estimate of drug-likeness (QED) is 0.217. The van der Waals surface area contributed by atoms with Crippen LogP contribution < -0.4 is 20.1 Å². The summed E-state index contributed by atoms with van der Waals surface area (Å²) in [7, 11) is -3.87. The highest BCUT2D eigenvalue weighted by Crippen LogP contribution is 2.57. The van der Waals surface area contributed by atoms with E-state index in [0.717, 1.165) is 16.6 Å². The molecule has 4 rings (SSSR count). The molecule has 13 heteroatoms. The van der Waals surface area contributed by atoms with Gasteiger partial charge in [0, 0.05) is 23.0 Å². The van der Waals surface area contributed by atoms with Crippen LogP contribution in [0.1, 0.15) is 42.3 Å². The number of ketones is 3. The average Bonchev–Trinajstić information content (AvgIpc) is 3.13. The first-order valence-corrected chi connectivity index (χ1v) is 13.8. The molecule has 12 nitrogen and oxygen atoms in total. The van der Waals surface area contributed by atoms with Crippen molar-refractivity contribution in [1.82, 2.24) is 0 Å². The zero-order chi connectivity index (χ0) is 29.9. The van der Waals surface area contributed by atoms with E-state index in [9.17, 15) is 37.8 Å². The van der Waals surface area contributed by atoms with Gasteiger partial charge in [-0.3, -0.25) is 23.5 Å². The number of allylic oxidation sites excluding steroid dienone is 4. The number of nitrogens with zero attached hydrogens (tertiary/aromatic N) is 1. The van der Waals surface area contributed by atoms with Crippen molar-refractivity contribution in [2.45, 2.75) is 33.1 Å². The van der Waals surface area contributed by atoms with Gasteiger partial charge in [0.2, 0.25) is 15.9 Å². The number of benzene rings is 2. The van der Waals surface area contributed by atoms with Gasteiger partial charge in [0.25, 0.3) is 0 Å². The fraction of sp³-hybridized carbons (Fsp3) is 0.259. The van der Waals surface area contributed by atoms with Crippen LogP contribution in [0.5, 0.6) is 17.2 Å². The van der Waals surface area contributed by atoms with E-state index < -0.39 is 56.7 Å². The lowest BCUT2D eigenvalue weighted by Crippen LogP contribution is -2.40. The summed E-state index contributed by atoms with van der Waals surface area (Å²) in [6.07, 6.45) is 2.01. The van der Waals surface area contributed by atoms with E-state index in [0.29, 0.717) is 5.69 Å². The van der Waals surface area contributed by atoms with Crippen LogP contribution in [-0.4, -0.2) is 54.7 Å². The van der Waals surface area contributed by atoms with Crippen LogP contribution in [0, 0.1) is 6.92 Å². The third kappa shape index (κ3) is 4.37. The maximum Gasteiger partial charge on any atom is 0.238 e. The number of nitrogens with two attached hydrogens (primary N) is 1. The molecule has 0 fully saturated rings. The summed E-state index contributed by atoms with van der Waals surface area (Å²) in [6, 6.07) is 5.92. The fourth-order valence-electron chi connectivity index (χ4n) is 4.92. The van der Waals surface area contributed by atoms with Gasteiger partial charge in [-0.1, -0.05) is 6.07 Å². The van der Waals surface area contributed by atoms with Crippen LogP contribution in [0.3, 0.4) is 0 Å². The number of nitrogens with one attached hydrogen (secondary N) is 1. The maximum atomic E-state index is 14.0. The number of anilines is 2. The molecule has 1 amide bonds. The number of carbonyl (C=O) groups excluding carboxylic acids is 4. The maximum absolute atomic E-state index is 14.0. The summed E-state index contributed by atoms with van der Waals surface area (Å²) < 4.78 is 31.0. The zero-order valence-electron chi connectivity index (χ0n) is 22.3. The first-order valence-electron chi connectivity index (χ1n) is 11.9. The standard InChI is InChI=1S/C27H27N3O9S/c1-12-23(34)21(14(3)31)25-22(24(12)35)27(4)18(39-25)10-17(32)20(26(27)36)13(2)29-15-7-6-8-16(9-15)30(11-19(28)33)40(5,37)38/h6-10,29,34-35H,11H2,1-5H3,(H2,28,33). The summed E-state index contributed by atoms with van der Waals surface area (Å²) in [4.78, 5) is 50.9. The van der Waals surface area contributed by atoms with Gasteiger partial charge < -0.3 is 26.0 Å². The van der Waals surface area contributed by atoms with E-state index in [2.05, 4.69) is 5.32 Å². The van der Waals surface area contributed by atoms with Crippen LogP contribution in [0.15, 0.2) is 47.4 Å². The summed E-state index contributed by atoms with van der Waals surface area (Å²) in [5.41, 5.74) is 3.50. The first kappa shape index (κ1) is 28.4. The molecule has 0 bridgehead atoms. The molecule has 0 saturated heterocycles. The third-order valence-electron chi connectivity index (χ3n) is 6.93. The second kappa shape index (κ2) is 9.52. The van der Waals surface area contributed by atoms with E-state index in [1.165, 1.54) is 45.9 Å². The Hall–Kier alpha value is -4.65. The number of ether oxygens (including phenoxy) is 1. The number of hydrogen-bond acceptors (Lipinski definition) is 10. The highest BCUT2D eigenvalue weighted by atomic mass is 32.2. The number of rotatable bonds is 7. The predicted molar refractivity (Wildman–Crippen MR) is 145 cm³/mol. The Morgan fingerprint density at radius 1 is 1.15 bits per heavy atom. The third-order valence-corrected chi connectivity index (χ3v) is 8.07. The molecule has 210 valence electrons. The van der Waals surface area contributed by atoms with Crippen LogP contribution in [0.4, 0.5) is 11.4 Å². The molecule has 0 spiro atoms. The van der Waals surface area contributed by atoms with E-state index in [1.807, 2.05) is 0 Å². The molecule has 2 aliphatic rings. The highest BCUT2D eigenvalue weighted by Gasteiger charge is 2.56. The number of phenolic OH excluding ortho intramolecular Hbond substituents is 2. The van der Waals surface area contributed by atoms with Crippen LogP contribution in [-0.2, 0) is 29.8 Å². The second-order valence-electron chi connectivity index (χ2n) is 9.80. The molecule has 2 aromatic rings. The summed E-state index contributed by atoms with van der Waals surface area (Å²) in [5, 5.41) is 24.4. The fourth-order valence-corrected chi connectivity index (χ4v) is 5.78. The molecule has 0 radical (unpaired) electrons. The molecule has 1 heterocycles. The molecule has 1 atom stereocenters. The zero-order valence-corrected chi connectivity index (χ0v) is 23.1. The van der Waals surface area contributed by atoms with Gasteiger partial charge in [-0.05, 0) is 45.9 Å². The Morgan fingerprint density at radius 3 is 2.38 bits per heavy atom. The lowest BCUT2D eigenvalue weighted by atomic mass is 9.70. The van der Waals surface area contributed by atoms with Crippen molar-refractivity contribution >= 4 is 44.7 Å². The van der Waals surface area contributed by atoms with Gasteiger partial charge in [-0.25, -0.2) is 8.42 Å². The van der Waals surface area contributed by atoms with Gasteiger partial charge >= 0.3 is 0 Å². The Morgan fingerprint density at radius 2 is 1.80 bits per heavy atom. The number of hydrogen-bond donors (Lipinski definition) is 4. The number of Topliss-reactive ketones (excluding diaryl/α,β-unsaturated/α-hetero) is 2. The minimum absolute atomic E-state index is 0.0247. The molecular weight excluding hydrogens is 542 g/mol. The van der Waals surface area contributed by atoms with Crippen molar-refractivity contribution in [3.05, 3.63) is 64.1 Å². The van der Waals surface area contributed by atoms with Gasteiger partial charge in [-0.2, -0.15) is 0 Å². The van der Waals surface area contributed by atoms with E-state index in [1.54, 1.807) is 6.07 Å². The molecule has 1 aliphatic carbocycles.